The Labute approximate surface area is 202 Å². The first kappa shape index (κ1) is 24.6. The predicted octanol–water partition coefficient (Wildman–Crippen LogP) is 4.14. The molecule has 7 nitrogen and oxygen atoms in total. The van der Waals surface area contributed by atoms with Crippen LogP contribution in [0.2, 0.25) is 10.2 Å². The van der Waals surface area contributed by atoms with Crippen molar-refractivity contribution < 1.29 is 9.59 Å². The lowest BCUT2D eigenvalue weighted by molar-refractivity contribution is -0.119. The highest BCUT2D eigenvalue weighted by Gasteiger charge is 2.30. The normalized spacial score (nSPS) is 16.8. The fraction of sp³-hybridized carbons (Fsp3) is 0.455. The van der Waals surface area contributed by atoms with Crippen LogP contribution in [0.15, 0.2) is 35.5 Å². The van der Waals surface area contributed by atoms with E-state index in [9.17, 15) is 9.59 Å². The van der Waals surface area contributed by atoms with Crippen molar-refractivity contribution in [2.75, 3.05) is 30.3 Å². The van der Waals surface area contributed by atoms with Gasteiger partial charge in [-0.3, -0.25) is 9.59 Å². The number of carbonyl (C=O) groups is 2. The molecule has 0 aliphatic carbocycles. The Hall–Kier alpha value is -2.03. The maximum atomic E-state index is 13.0. The van der Waals surface area contributed by atoms with Crippen LogP contribution >= 0.6 is 35.0 Å². The van der Waals surface area contributed by atoms with Crippen molar-refractivity contribution in [1.82, 2.24) is 20.2 Å². The quantitative estimate of drug-likeness (QED) is 0.381. The van der Waals surface area contributed by atoms with Gasteiger partial charge in [0.1, 0.15) is 11.0 Å². The van der Waals surface area contributed by atoms with Gasteiger partial charge in [0, 0.05) is 37.3 Å². The van der Waals surface area contributed by atoms with Gasteiger partial charge < -0.3 is 15.1 Å². The Morgan fingerprint density at radius 3 is 2.56 bits per heavy atom. The number of aromatic nitrogens is 2. The summed E-state index contributed by atoms with van der Waals surface area (Å²) in [7, 11) is 0. The Balaban J connectivity index is 1.66. The van der Waals surface area contributed by atoms with Crippen LogP contribution in [-0.4, -0.2) is 63.7 Å². The van der Waals surface area contributed by atoms with Crippen molar-refractivity contribution in [2.45, 2.75) is 44.4 Å². The van der Waals surface area contributed by atoms with E-state index in [-0.39, 0.29) is 29.1 Å². The molecule has 1 aliphatic rings. The lowest BCUT2D eigenvalue weighted by atomic mass is 10.1. The average Bonchev–Trinajstić information content (AvgIpc) is 2.70. The van der Waals surface area contributed by atoms with Crippen LogP contribution in [0.5, 0.6) is 0 Å². The van der Waals surface area contributed by atoms with Gasteiger partial charge >= 0.3 is 0 Å². The summed E-state index contributed by atoms with van der Waals surface area (Å²) in [6.45, 7) is 9.52. The number of benzene rings is 1. The maximum Gasteiger partial charge on any atom is 0.255 e. The van der Waals surface area contributed by atoms with Gasteiger partial charge in [0.15, 0.2) is 5.16 Å². The van der Waals surface area contributed by atoms with E-state index in [0.717, 1.165) is 0 Å². The van der Waals surface area contributed by atoms with Gasteiger partial charge in [0.2, 0.25) is 5.91 Å². The Bertz CT molecular complexity index is 999. The van der Waals surface area contributed by atoms with Crippen molar-refractivity contribution in [3.63, 3.8) is 0 Å². The van der Waals surface area contributed by atoms with Gasteiger partial charge in [-0.1, -0.05) is 47.1 Å². The number of amides is 2. The monoisotopic (exact) mass is 495 g/mol. The minimum Gasteiger partial charge on any atom is -0.353 e. The van der Waals surface area contributed by atoms with Crippen LogP contribution in [0.1, 0.15) is 38.1 Å². The molecule has 32 heavy (non-hydrogen) atoms. The number of piperazine rings is 1. The molecule has 3 rings (SSSR count). The SMILES string of the molecule is CC1CN(c2cc(Cl)nc(SCC(=O)NC(C)(C)C)n2)CCN1C(=O)c1ccccc1Cl. The standard InChI is InChI=1S/C22H27Cl2N5O2S/c1-14-12-28(9-10-29(14)20(31)15-7-5-6-8-16(15)23)18-11-17(24)25-21(26-18)32-13-19(30)27-22(2,3)4/h5-8,11,14H,9-10,12-13H2,1-4H3,(H,27,30). The molecule has 0 saturated carbocycles. The van der Waals surface area contributed by atoms with Crippen LogP contribution in [0, 0.1) is 0 Å². The third-order valence-corrected chi connectivity index (χ3v) is 6.19. The lowest BCUT2D eigenvalue weighted by Crippen LogP contribution is -2.54. The molecular formula is C22H27Cl2N5O2S. The van der Waals surface area contributed by atoms with Crippen molar-refractivity contribution in [3.05, 3.63) is 46.1 Å². The molecule has 0 spiro atoms. The summed E-state index contributed by atoms with van der Waals surface area (Å²) in [5, 5.41) is 4.12. The summed E-state index contributed by atoms with van der Waals surface area (Å²) in [6, 6.07) is 8.74. The molecule has 1 aliphatic heterocycles. The van der Waals surface area contributed by atoms with E-state index in [4.69, 9.17) is 23.2 Å². The molecule has 0 radical (unpaired) electrons. The van der Waals surface area contributed by atoms with E-state index in [2.05, 4.69) is 20.2 Å². The number of carbonyl (C=O) groups excluding carboxylic acids is 2. The van der Waals surface area contributed by atoms with Gasteiger partial charge in [-0.25, -0.2) is 9.97 Å². The molecule has 1 atom stereocenters. The number of nitrogens with zero attached hydrogens (tertiary/aromatic N) is 4. The topological polar surface area (TPSA) is 78.4 Å². The maximum absolute atomic E-state index is 13.0. The van der Waals surface area contributed by atoms with E-state index in [1.165, 1.54) is 11.8 Å². The van der Waals surface area contributed by atoms with Gasteiger partial charge in [-0.2, -0.15) is 0 Å². The van der Waals surface area contributed by atoms with Crippen molar-refractivity contribution in [3.8, 4) is 0 Å². The van der Waals surface area contributed by atoms with E-state index in [0.29, 0.717) is 46.3 Å². The third kappa shape index (κ3) is 6.49. The van der Waals surface area contributed by atoms with Crippen LogP contribution in [0.25, 0.3) is 0 Å². The first-order valence-electron chi connectivity index (χ1n) is 10.3. The van der Waals surface area contributed by atoms with E-state index in [1.54, 1.807) is 18.2 Å². The lowest BCUT2D eigenvalue weighted by Gasteiger charge is -2.40. The van der Waals surface area contributed by atoms with E-state index in [1.807, 2.05) is 44.7 Å². The number of hydrogen-bond acceptors (Lipinski definition) is 6. The molecule has 2 heterocycles. The van der Waals surface area contributed by atoms with Crippen molar-refractivity contribution in [2.24, 2.45) is 0 Å². The Morgan fingerprint density at radius 1 is 1.19 bits per heavy atom. The second kappa shape index (κ2) is 10.3. The molecule has 172 valence electrons. The first-order valence-corrected chi connectivity index (χ1v) is 12.1. The minimum atomic E-state index is -0.296. The number of hydrogen-bond donors (Lipinski definition) is 1. The van der Waals surface area contributed by atoms with Crippen LogP contribution in [0.3, 0.4) is 0 Å². The van der Waals surface area contributed by atoms with Gasteiger partial charge in [0.25, 0.3) is 5.91 Å². The summed E-state index contributed by atoms with van der Waals surface area (Å²) >= 11 is 13.7. The molecule has 1 fully saturated rings. The number of halogens is 2. The van der Waals surface area contributed by atoms with Gasteiger partial charge in [-0.15, -0.1) is 0 Å². The molecule has 1 unspecified atom stereocenters. The fourth-order valence-electron chi connectivity index (χ4n) is 3.45. The van der Waals surface area contributed by atoms with Gasteiger partial charge in [-0.05, 0) is 39.8 Å². The van der Waals surface area contributed by atoms with Crippen LogP contribution in [0.4, 0.5) is 5.82 Å². The zero-order valence-corrected chi connectivity index (χ0v) is 20.9. The predicted molar refractivity (Wildman–Crippen MR) is 130 cm³/mol. The number of nitrogens with one attached hydrogen (secondary N) is 1. The second-order valence-corrected chi connectivity index (χ2v) is 10.4. The molecule has 2 aromatic rings. The van der Waals surface area contributed by atoms with Crippen LogP contribution < -0.4 is 10.2 Å². The summed E-state index contributed by atoms with van der Waals surface area (Å²) in [5.41, 5.74) is 0.210. The molecule has 1 N–H and O–H groups in total. The zero-order chi connectivity index (χ0) is 23.5. The molecule has 0 bridgehead atoms. The molecule has 1 saturated heterocycles. The Morgan fingerprint density at radius 2 is 1.91 bits per heavy atom. The number of anilines is 1. The summed E-state index contributed by atoms with van der Waals surface area (Å²) in [6.07, 6.45) is 0. The van der Waals surface area contributed by atoms with E-state index < -0.39 is 0 Å². The fourth-order valence-corrected chi connectivity index (χ4v) is 4.55. The third-order valence-electron chi connectivity index (χ3n) is 4.82. The summed E-state index contributed by atoms with van der Waals surface area (Å²) < 4.78 is 0. The highest BCUT2D eigenvalue weighted by atomic mass is 35.5. The summed E-state index contributed by atoms with van der Waals surface area (Å²) in [5.74, 6) is 0.714. The highest BCUT2D eigenvalue weighted by Crippen LogP contribution is 2.25. The molecule has 2 amide bonds. The van der Waals surface area contributed by atoms with Gasteiger partial charge in [0.05, 0.1) is 16.3 Å². The largest absolute Gasteiger partial charge is 0.353 e. The minimum absolute atomic E-state index is 0.0464. The number of rotatable bonds is 5. The number of thioether (sulfide) groups is 1. The van der Waals surface area contributed by atoms with E-state index >= 15 is 0 Å². The van der Waals surface area contributed by atoms with Crippen LogP contribution in [-0.2, 0) is 4.79 Å². The smallest absolute Gasteiger partial charge is 0.255 e. The average molecular weight is 496 g/mol. The van der Waals surface area contributed by atoms with Crippen molar-refractivity contribution in [1.29, 1.82) is 0 Å². The summed E-state index contributed by atoms with van der Waals surface area (Å²) in [4.78, 5) is 37.8. The Kier molecular flexibility index (Phi) is 7.90. The first-order chi connectivity index (χ1) is 15.0. The highest BCUT2D eigenvalue weighted by molar-refractivity contribution is 7.99. The zero-order valence-electron chi connectivity index (χ0n) is 18.6. The van der Waals surface area contributed by atoms with Crippen molar-refractivity contribution >= 4 is 52.6 Å². The second-order valence-electron chi connectivity index (χ2n) is 8.69. The molecule has 1 aromatic heterocycles. The molecule has 10 heteroatoms. The molecule has 1 aromatic carbocycles. The molecular weight excluding hydrogens is 469 g/mol.